The molecule has 0 spiro atoms. The van der Waals surface area contributed by atoms with Gasteiger partial charge in [-0.25, -0.2) is 0 Å². The predicted octanol–water partition coefficient (Wildman–Crippen LogP) is -1.19. The largest absolute Gasteiger partial charge is 0.463 e. The number of piperidine rings is 1. The highest BCUT2D eigenvalue weighted by atomic mass is 33.1. The SMILES string of the molecule is [3H]C(=O)CCC(C)(C)SSCCC(=O)OC[C@@H]1[C@@H](O)[C@H](O)[C@H](O)[C@H]2NC(=O)C(=O)N12. The van der Waals surface area contributed by atoms with Crippen molar-refractivity contribution in [3.63, 3.8) is 0 Å². The monoisotopic (exact) mass is 452 g/mol. The van der Waals surface area contributed by atoms with E-state index in [2.05, 4.69) is 5.32 Å². The maximum absolute atomic E-state index is 12.0. The van der Waals surface area contributed by atoms with E-state index in [1.165, 1.54) is 21.6 Å². The van der Waals surface area contributed by atoms with Crippen LogP contribution in [0.15, 0.2) is 0 Å². The number of hydrogen-bond donors (Lipinski definition) is 4. The number of esters is 1. The molecule has 10 nitrogen and oxygen atoms in total. The lowest BCUT2D eigenvalue weighted by molar-refractivity contribution is -0.181. The van der Waals surface area contributed by atoms with Gasteiger partial charge in [0, 0.05) is 16.9 Å². The van der Waals surface area contributed by atoms with Crippen molar-refractivity contribution in [3.8, 4) is 0 Å². The highest BCUT2D eigenvalue weighted by Gasteiger charge is 2.55. The molecule has 12 heteroatoms. The number of aldehydes is 1. The van der Waals surface area contributed by atoms with Crippen LogP contribution >= 0.6 is 21.6 Å². The third-order valence-corrected chi connectivity index (χ3v) is 8.05. The van der Waals surface area contributed by atoms with Crippen molar-refractivity contribution in [1.29, 1.82) is 0 Å². The molecular weight excluding hydrogens is 424 g/mol. The van der Waals surface area contributed by atoms with Gasteiger partial charge in [-0.2, -0.15) is 0 Å². The number of aliphatic hydroxyl groups is 3. The van der Waals surface area contributed by atoms with E-state index in [4.69, 9.17) is 6.11 Å². The van der Waals surface area contributed by atoms with Gasteiger partial charge >= 0.3 is 17.8 Å². The summed E-state index contributed by atoms with van der Waals surface area (Å²) in [5, 5.41) is 32.3. The third-order valence-electron chi connectivity index (χ3n) is 4.70. The molecule has 0 aliphatic carbocycles. The lowest BCUT2D eigenvalue weighted by Crippen LogP contribution is -2.68. The summed E-state index contributed by atoms with van der Waals surface area (Å²) in [7, 11) is 2.92. The smallest absolute Gasteiger partial charge is 0.314 e. The molecule has 2 rings (SSSR count). The van der Waals surface area contributed by atoms with E-state index in [1.54, 1.807) is 0 Å². The standard InChI is InChI=1S/C17H26N2O8S2/c1-17(2,5-3-6-20)29-28-7-4-10(21)27-8-9-11(22)12(23)13(24)14-18-15(25)16(26)19(9)14/h6,9,11-14,22-24H,3-5,7-8H2,1-2H3,(H,18,25)/t9-,11-,12+,13+,14+/m1/s1/i6T. The highest BCUT2D eigenvalue weighted by Crippen LogP contribution is 2.38. The number of nitrogens with one attached hydrogen (secondary N) is 1. The minimum absolute atomic E-state index is 0.0493. The van der Waals surface area contributed by atoms with E-state index in [0.717, 1.165) is 4.90 Å². The van der Waals surface area contributed by atoms with Crippen LogP contribution in [-0.4, -0.2) is 91.9 Å². The summed E-state index contributed by atoms with van der Waals surface area (Å²) in [5.74, 6) is -2.12. The van der Waals surface area contributed by atoms with Gasteiger partial charge in [0.2, 0.25) is 0 Å². The quantitative estimate of drug-likeness (QED) is 0.105. The first-order chi connectivity index (χ1) is 13.9. The highest BCUT2D eigenvalue weighted by molar-refractivity contribution is 8.77. The summed E-state index contributed by atoms with van der Waals surface area (Å²) < 4.78 is 11.8. The van der Waals surface area contributed by atoms with Crippen LogP contribution in [0.4, 0.5) is 0 Å². The normalized spacial score (nSPS) is 29.9. The van der Waals surface area contributed by atoms with Crippen molar-refractivity contribution >= 4 is 45.6 Å². The molecule has 0 aromatic carbocycles. The molecular formula is C17H26N2O8S2. The third kappa shape index (κ3) is 5.85. The first-order valence-corrected chi connectivity index (χ1v) is 11.4. The summed E-state index contributed by atoms with van der Waals surface area (Å²) in [6, 6.07) is -1.17. The molecule has 2 fully saturated rings. The van der Waals surface area contributed by atoms with Gasteiger partial charge < -0.3 is 35.1 Å². The molecule has 4 N–H and O–H groups in total. The number of aliphatic hydroxyl groups excluding tert-OH is 3. The Bertz CT molecular complexity index is 695. The van der Waals surface area contributed by atoms with E-state index in [-0.39, 0.29) is 17.6 Å². The van der Waals surface area contributed by atoms with Gasteiger partial charge in [0.05, 0.1) is 12.5 Å². The fraction of sp³-hybridized carbons (Fsp3) is 0.765. The van der Waals surface area contributed by atoms with Gasteiger partial charge in [-0.05, 0) is 20.3 Å². The molecule has 2 amide bonds. The maximum Gasteiger partial charge on any atom is 0.314 e. The average Bonchev–Trinajstić information content (AvgIpc) is 2.97. The van der Waals surface area contributed by atoms with Crippen LogP contribution in [-0.2, 0) is 23.9 Å². The topological polar surface area (TPSA) is 153 Å². The van der Waals surface area contributed by atoms with Crippen LogP contribution in [0.1, 0.15) is 34.5 Å². The molecule has 2 saturated heterocycles. The van der Waals surface area contributed by atoms with Crippen LogP contribution in [0.5, 0.6) is 0 Å². The summed E-state index contributed by atoms with van der Waals surface area (Å²) in [6.07, 6.45) is -5.83. The summed E-state index contributed by atoms with van der Waals surface area (Å²) >= 11 is 0. The molecule has 164 valence electrons. The fourth-order valence-corrected chi connectivity index (χ4v) is 5.59. The number of nitrogens with zero attached hydrogens (tertiary/aromatic N) is 1. The van der Waals surface area contributed by atoms with Crippen molar-refractivity contribution in [2.75, 3.05) is 12.4 Å². The first-order valence-electron chi connectivity index (χ1n) is 9.57. The Kier molecular flexibility index (Phi) is 7.79. The lowest BCUT2D eigenvalue weighted by Gasteiger charge is -2.44. The van der Waals surface area contributed by atoms with Crippen molar-refractivity contribution in [1.82, 2.24) is 10.2 Å². The van der Waals surface area contributed by atoms with Crippen LogP contribution < -0.4 is 5.32 Å². The summed E-state index contributed by atoms with van der Waals surface area (Å²) in [6.45, 7) is 3.44. The van der Waals surface area contributed by atoms with Crippen molar-refractivity contribution in [2.24, 2.45) is 0 Å². The van der Waals surface area contributed by atoms with E-state index >= 15 is 0 Å². The Balaban J connectivity index is 1.80. The molecule has 5 atom stereocenters. The molecule has 29 heavy (non-hydrogen) atoms. The zero-order chi connectivity index (χ0) is 22.6. The van der Waals surface area contributed by atoms with Gasteiger partial charge in [0.15, 0.2) is 0 Å². The second-order valence-electron chi connectivity index (χ2n) is 7.41. The average molecular weight is 453 g/mol. The Morgan fingerprint density at radius 1 is 1.31 bits per heavy atom. The maximum atomic E-state index is 12.0. The minimum Gasteiger partial charge on any atom is -0.463 e. The number of rotatable bonds is 10. The lowest BCUT2D eigenvalue weighted by atomic mass is 9.92. The first kappa shape index (κ1) is 22.3. The zero-order valence-electron chi connectivity index (χ0n) is 17.1. The van der Waals surface area contributed by atoms with Crippen molar-refractivity contribution < 1.29 is 40.6 Å². The van der Waals surface area contributed by atoms with Gasteiger partial charge in [-0.1, -0.05) is 21.6 Å². The fourth-order valence-electron chi connectivity index (χ4n) is 3.05. The van der Waals surface area contributed by atoms with Gasteiger partial charge in [-0.3, -0.25) is 14.4 Å². The van der Waals surface area contributed by atoms with Gasteiger partial charge in [0.25, 0.3) is 0 Å². The second kappa shape index (κ2) is 10.1. The molecule has 0 aromatic rings. The molecule has 0 bridgehead atoms. The van der Waals surface area contributed by atoms with Crippen LogP contribution in [0.2, 0.25) is 0 Å². The van der Waals surface area contributed by atoms with E-state index in [0.29, 0.717) is 12.2 Å². The predicted molar refractivity (Wildman–Crippen MR) is 106 cm³/mol. The minimum atomic E-state index is -1.62. The number of carbonyl (C=O) groups excluding carboxylic acids is 4. The molecule has 0 unspecified atom stereocenters. The molecule has 0 saturated carbocycles. The Hall–Kier alpha value is -1.34. The van der Waals surface area contributed by atoms with Crippen LogP contribution in [0.3, 0.4) is 0 Å². The molecule has 2 aliphatic rings. The molecule has 2 heterocycles. The van der Waals surface area contributed by atoms with E-state index in [9.17, 15) is 34.5 Å². The number of hydrogen-bond acceptors (Lipinski definition) is 10. The number of ether oxygens (including phenoxy) is 1. The second-order valence-corrected chi connectivity index (χ2v) is 10.5. The van der Waals surface area contributed by atoms with Gasteiger partial charge in [-0.15, -0.1) is 0 Å². The van der Waals surface area contributed by atoms with E-state index < -0.39 is 61.2 Å². The summed E-state index contributed by atoms with van der Waals surface area (Å²) in [5.41, 5.74) is 0. The van der Waals surface area contributed by atoms with E-state index in [1.807, 2.05) is 13.8 Å². The Morgan fingerprint density at radius 2 is 2.00 bits per heavy atom. The van der Waals surface area contributed by atoms with Crippen LogP contribution in [0, 0.1) is 0 Å². The Labute approximate surface area is 177 Å². The number of carbonyl (C=O) groups is 4. The summed E-state index contributed by atoms with van der Waals surface area (Å²) in [4.78, 5) is 47.3. The van der Waals surface area contributed by atoms with Crippen molar-refractivity contribution in [3.05, 3.63) is 0 Å². The number of fused-ring (bicyclic) bond motifs is 1. The number of amides is 2. The Morgan fingerprint density at radius 3 is 2.66 bits per heavy atom. The van der Waals surface area contributed by atoms with Crippen LogP contribution in [0.25, 0.3) is 0 Å². The van der Waals surface area contributed by atoms with Crippen molar-refractivity contribution in [2.45, 2.75) is 68.4 Å². The zero-order valence-corrected chi connectivity index (χ0v) is 17.7. The van der Waals surface area contributed by atoms with Gasteiger partial charge in [0.1, 0.15) is 38.7 Å². The molecule has 0 aromatic heterocycles. The molecule has 0 radical (unpaired) electrons. The molecule has 2 aliphatic heterocycles.